The maximum Gasteiger partial charge on any atom is 0.106 e. The number of aliphatic hydroxyl groups is 1. The largest absolute Gasteiger partial charge is 0.469 e. The van der Waals surface area contributed by atoms with Crippen LogP contribution in [0.3, 0.4) is 0 Å². The van der Waals surface area contributed by atoms with E-state index >= 15 is 0 Å². The molecule has 0 fully saturated rings. The summed E-state index contributed by atoms with van der Waals surface area (Å²) in [4.78, 5) is 0. The van der Waals surface area contributed by atoms with Gasteiger partial charge in [0, 0.05) is 6.42 Å². The molecule has 0 aliphatic rings. The van der Waals surface area contributed by atoms with Gasteiger partial charge in [-0.15, -0.1) is 0 Å². The molecule has 1 unspecified atom stereocenters. The molecular formula is C9H12O2. The zero-order valence-corrected chi connectivity index (χ0v) is 6.58. The Morgan fingerprint density at radius 2 is 2.55 bits per heavy atom. The van der Waals surface area contributed by atoms with E-state index in [9.17, 15) is 5.11 Å². The van der Waals surface area contributed by atoms with Gasteiger partial charge in [-0.1, -0.05) is 12.2 Å². The van der Waals surface area contributed by atoms with Crippen molar-refractivity contribution in [3.8, 4) is 0 Å². The SMILES string of the molecule is C=C(C)C(O)Cc1ccco1. The van der Waals surface area contributed by atoms with Gasteiger partial charge in [-0.05, 0) is 19.1 Å². The lowest BCUT2D eigenvalue weighted by atomic mass is 10.1. The average Bonchev–Trinajstić information content (AvgIpc) is 2.39. The first-order valence-corrected chi connectivity index (χ1v) is 3.56. The molecule has 0 aromatic carbocycles. The standard InChI is InChI=1S/C9H12O2/c1-7(2)9(10)6-8-4-3-5-11-8/h3-5,9-10H,1,6H2,2H3. The lowest BCUT2D eigenvalue weighted by Gasteiger charge is -2.06. The number of aliphatic hydroxyl groups excluding tert-OH is 1. The van der Waals surface area contributed by atoms with Gasteiger partial charge in [-0.2, -0.15) is 0 Å². The lowest BCUT2D eigenvalue weighted by molar-refractivity contribution is 0.203. The molecule has 1 heterocycles. The van der Waals surface area contributed by atoms with Crippen molar-refractivity contribution in [1.29, 1.82) is 0 Å². The first-order valence-electron chi connectivity index (χ1n) is 3.56. The van der Waals surface area contributed by atoms with Crippen molar-refractivity contribution in [1.82, 2.24) is 0 Å². The fourth-order valence-electron chi connectivity index (χ4n) is 0.794. The monoisotopic (exact) mass is 152 g/mol. The van der Waals surface area contributed by atoms with Gasteiger partial charge >= 0.3 is 0 Å². The molecule has 0 aliphatic heterocycles. The third-order valence-corrected chi connectivity index (χ3v) is 1.54. The molecule has 0 amide bonds. The second-order valence-corrected chi connectivity index (χ2v) is 2.65. The van der Waals surface area contributed by atoms with Gasteiger partial charge in [-0.25, -0.2) is 0 Å². The van der Waals surface area contributed by atoms with Gasteiger partial charge in [0.25, 0.3) is 0 Å². The van der Waals surface area contributed by atoms with Crippen LogP contribution in [0.15, 0.2) is 35.0 Å². The van der Waals surface area contributed by atoms with Crippen LogP contribution < -0.4 is 0 Å². The first kappa shape index (κ1) is 8.08. The van der Waals surface area contributed by atoms with Gasteiger partial charge in [0.2, 0.25) is 0 Å². The van der Waals surface area contributed by atoms with Crippen molar-refractivity contribution in [2.75, 3.05) is 0 Å². The summed E-state index contributed by atoms with van der Waals surface area (Å²) in [5, 5.41) is 9.34. The molecule has 0 saturated carbocycles. The highest BCUT2D eigenvalue weighted by atomic mass is 16.3. The molecule has 0 bridgehead atoms. The number of rotatable bonds is 3. The molecule has 1 atom stereocenters. The van der Waals surface area contributed by atoms with Crippen LogP contribution in [0, 0.1) is 0 Å². The fraction of sp³-hybridized carbons (Fsp3) is 0.333. The summed E-state index contributed by atoms with van der Waals surface area (Å²) >= 11 is 0. The molecule has 1 rings (SSSR count). The molecule has 1 N–H and O–H groups in total. The molecule has 0 spiro atoms. The Bertz CT molecular complexity index is 224. The molecule has 1 aromatic heterocycles. The second-order valence-electron chi connectivity index (χ2n) is 2.65. The molecule has 60 valence electrons. The van der Waals surface area contributed by atoms with E-state index in [4.69, 9.17) is 4.42 Å². The Hall–Kier alpha value is -1.02. The van der Waals surface area contributed by atoms with Crippen LogP contribution in [0.4, 0.5) is 0 Å². The van der Waals surface area contributed by atoms with Crippen molar-refractivity contribution in [2.24, 2.45) is 0 Å². The van der Waals surface area contributed by atoms with Crippen LogP contribution in [0.2, 0.25) is 0 Å². The minimum atomic E-state index is -0.485. The van der Waals surface area contributed by atoms with E-state index in [-0.39, 0.29) is 0 Å². The number of furan rings is 1. The van der Waals surface area contributed by atoms with E-state index in [1.165, 1.54) is 0 Å². The van der Waals surface area contributed by atoms with Crippen molar-refractivity contribution < 1.29 is 9.52 Å². The molecule has 2 heteroatoms. The molecule has 0 saturated heterocycles. The van der Waals surface area contributed by atoms with Crippen molar-refractivity contribution in [2.45, 2.75) is 19.4 Å². The van der Waals surface area contributed by atoms with Crippen LogP contribution in [0.1, 0.15) is 12.7 Å². The average molecular weight is 152 g/mol. The Balaban J connectivity index is 2.50. The summed E-state index contributed by atoms with van der Waals surface area (Å²) in [6, 6.07) is 3.65. The van der Waals surface area contributed by atoms with E-state index in [1.807, 2.05) is 6.07 Å². The maximum atomic E-state index is 9.34. The summed E-state index contributed by atoms with van der Waals surface area (Å²) in [7, 11) is 0. The van der Waals surface area contributed by atoms with Crippen molar-refractivity contribution in [3.63, 3.8) is 0 Å². The minimum absolute atomic E-state index is 0.485. The van der Waals surface area contributed by atoms with Gasteiger partial charge in [0.05, 0.1) is 12.4 Å². The van der Waals surface area contributed by atoms with E-state index < -0.39 is 6.10 Å². The minimum Gasteiger partial charge on any atom is -0.469 e. The molecule has 1 aromatic rings. The highest BCUT2D eigenvalue weighted by Crippen LogP contribution is 2.08. The highest BCUT2D eigenvalue weighted by molar-refractivity contribution is 5.06. The Kier molecular flexibility index (Phi) is 2.49. The van der Waals surface area contributed by atoms with Gasteiger partial charge in [0.1, 0.15) is 5.76 Å². The van der Waals surface area contributed by atoms with Crippen LogP contribution in [-0.4, -0.2) is 11.2 Å². The zero-order chi connectivity index (χ0) is 8.27. The summed E-state index contributed by atoms with van der Waals surface area (Å²) in [6.45, 7) is 5.44. The van der Waals surface area contributed by atoms with E-state index in [0.29, 0.717) is 6.42 Å². The first-order chi connectivity index (χ1) is 5.20. The smallest absolute Gasteiger partial charge is 0.106 e. The van der Waals surface area contributed by atoms with Crippen molar-refractivity contribution >= 4 is 0 Å². The quantitative estimate of drug-likeness (QED) is 0.669. The van der Waals surface area contributed by atoms with Gasteiger partial charge in [0.15, 0.2) is 0 Å². The third kappa shape index (κ3) is 2.24. The van der Waals surface area contributed by atoms with Crippen molar-refractivity contribution in [3.05, 3.63) is 36.3 Å². The molecule has 0 aliphatic carbocycles. The normalized spacial score (nSPS) is 12.9. The third-order valence-electron chi connectivity index (χ3n) is 1.54. The summed E-state index contributed by atoms with van der Waals surface area (Å²) in [5.41, 5.74) is 0.765. The number of hydrogen-bond acceptors (Lipinski definition) is 2. The Morgan fingerprint density at radius 1 is 1.82 bits per heavy atom. The zero-order valence-electron chi connectivity index (χ0n) is 6.58. The maximum absolute atomic E-state index is 9.34. The molecule has 0 radical (unpaired) electrons. The summed E-state index contributed by atoms with van der Waals surface area (Å²) in [5.74, 6) is 0.792. The molecule has 11 heavy (non-hydrogen) atoms. The fourth-order valence-corrected chi connectivity index (χ4v) is 0.794. The van der Waals surface area contributed by atoms with Crippen LogP contribution >= 0.6 is 0 Å². The molecular weight excluding hydrogens is 140 g/mol. The summed E-state index contributed by atoms with van der Waals surface area (Å²) in [6.07, 6.45) is 1.63. The van der Waals surface area contributed by atoms with E-state index in [2.05, 4.69) is 6.58 Å². The molecule has 2 nitrogen and oxygen atoms in total. The van der Waals surface area contributed by atoms with Gasteiger partial charge < -0.3 is 9.52 Å². The Morgan fingerprint density at radius 3 is 3.00 bits per heavy atom. The predicted octanol–water partition coefficient (Wildman–Crippen LogP) is 1.76. The number of hydrogen-bond donors (Lipinski definition) is 1. The van der Waals surface area contributed by atoms with Crippen LogP contribution in [0.5, 0.6) is 0 Å². The van der Waals surface area contributed by atoms with Crippen LogP contribution in [-0.2, 0) is 6.42 Å². The highest BCUT2D eigenvalue weighted by Gasteiger charge is 2.06. The van der Waals surface area contributed by atoms with Crippen LogP contribution in [0.25, 0.3) is 0 Å². The van der Waals surface area contributed by atoms with Gasteiger partial charge in [-0.3, -0.25) is 0 Å². The van der Waals surface area contributed by atoms with E-state index in [1.54, 1.807) is 19.3 Å². The summed E-state index contributed by atoms with van der Waals surface area (Å²) < 4.78 is 5.05. The topological polar surface area (TPSA) is 33.4 Å². The van der Waals surface area contributed by atoms with E-state index in [0.717, 1.165) is 11.3 Å². The Labute approximate surface area is 66.2 Å². The lowest BCUT2D eigenvalue weighted by Crippen LogP contribution is -2.10. The predicted molar refractivity (Wildman–Crippen MR) is 43.2 cm³/mol. The second kappa shape index (κ2) is 3.39.